The number of para-hydroxylation sites is 1. The van der Waals surface area contributed by atoms with Crippen LogP contribution in [0.15, 0.2) is 54.6 Å². The monoisotopic (exact) mass is 379 g/mol. The number of primary amides is 1. The van der Waals surface area contributed by atoms with Crippen LogP contribution in [0.25, 0.3) is 10.9 Å². The van der Waals surface area contributed by atoms with Crippen LogP contribution in [0.3, 0.4) is 0 Å². The van der Waals surface area contributed by atoms with Gasteiger partial charge >= 0.3 is 0 Å². The molecule has 1 aliphatic heterocycles. The zero-order valence-electron chi connectivity index (χ0n) is 15.5. The smallest absolute Gasteiger partial charge is 0.271 e. The second-order valence-electron chi connectivity index (χ2n) is 7.18. The number of carbonyl (C=O) groups is 2. The number of nitrogens with two attached hydrogens (primary N) is 1. The molecule has 6 heteroatoms. The maximum atomic E-state index is 14.3. The molecule has 0 aliphatic carbocycles. The summed E-state index contributed by atoms with van der Waals surface area (Å²) in [6.07, 6.45) is 2.28. The Labute approximate surface area is 162 Å². The van der Waals surface area contributed by atoms with Gasteiger partial charge in [-0.3, -0.25) is 9.59 Å². The van der Waals surface area contributed by atoms with Crippen LogP contribution in [0.2, 0.25) is 0 Å². The second-order valence-corrected chi connectivity index (χ2v) is 7.18. The Kier molecular flexibility index (Phi) is 4.86. The largest absolute Gasteiger partial charge is 0.368 e. The van der Waals surface area contributed by atoms with Gasteiger partial charge in [-0.15, -0.1) is 0 Å². The number of benzene rings is 2. The molecule has 1 atom stereocenters. The first-order valence-electron chi connectivity index (χ1n) is 9.48. The standard InChI is InChI=1S/C22H22FN3O2/c23-17-9-3-1-8-16(17)14-26-18-10-4-2-7-15(18)13-20(26)22(28)25-12-6-5-11-19(25)21(24)27/h1-4,7-10,13,19H,5-6,11-12,14H2,(H2,24,27). The number of aromatic nitrogens is 1. The van der Waals surface area contributed by atoms with Gasteiger partial charge in [0, 0.05) is 23.0 Å². The van der Waals surface area contributed by atoms with Crippen molar-refractivity contribution in [1.29, 1.82) is 0 Å². The van der Waals surface area contributed by atoms with Gasteiger partial charge in [-0.25, -0.2) is 4.39 Å². The van der Waals surface area contributed by atoms with Gasteiger partial charge in [0.2, 0.25) is 5.91 Å². The molecule has 0 saturated carbocycles. The normalized spacial score (nSPS) is 17.0. The van der Waals surface area contributed by atoms with E-state index in [0.717, 1.165) is 23.7 Å². The molecule has 0 spiro atoms. The average molecular weight is 379 g/mol. The van der Waals surface area contributed by atoms with Crippen molar-refractivity contribution in [1.82, 2.24) is 9.47 Å². The fourth-order valence-corrected chi connectivity index (χ4v) is 3.97. The summed E-state index contributed by atoms with van der Waals surface area (Å²) in [7, 11) is 0. The maximum Gasteiger partial charge on any atom is 0.271 e. The molecule has 0 bridgehead atoms. The lowest BCUT2D eigenvalue weighted by Crippen LogP contribution is -2.50. The number of nitrogens with zero attached hydrogens (tertiary/aromatic N) is 2. The van der Waals surface area contributed by atoms with Gasteiger partial charge in [0.05, 0.1) is 6.54 Å². The fourth-order valence-electron chi connectivity index (χ4n) is 3.97. The topological polar surface area (TPSA) is 68.3 Å². The molecule has 5 nitrogen and oxygen atoms in total. The van der Waals surface area contributed by atoms with E-state index in [1.54, 1.807) is 23.1 Å². The highest BCUT2D eigenvalue weighted by molar-refractivity contribution is 6.00. The van der Waals surface area contributed by atoms with Crippen LogP contribution in [0.1, 0.15) is 35.3 Å². The minimum absolute atomic E-state index is 0.232. The predicted octanol–water partition coefficient (Wildman–Crippen LogP) is 3.31. The van der Waals surface area contributed by atoms with Crippen LogP contribution in [0.4, 0.5) is 4.39 Å². The Hall–Kier alpha value is -3.15. The quantitative estimate of drug-likeness (QED) is 0.756. The van der Waals surface area contributed by atoms with E-state index in [-0.39, 0.29) is 18.3 Å². The molecule has 4 rings (SSSR count). The molecule has 1 aliphatic rings. The van der Waals surface area contributed by atoms with E-state index in [0.29, 0.717) is 24.2 Å². The van der Waals surface area contributed by atoms with Gasteiger partial charge < -0.3 is 15.2 Å². The van der Waals surface area contributed by atoms with Crippen molar-refractivity contribution in [3.63, 3.8) is 0 Å². The van der Waals surface area contributed by atoms with Gasteiger partial charge in [0.15, 0.2) is 0 Å². The molecule has 1 fully saturated rings. The summed E-state index contributed by atoms with van der Waals surface area (Å²) in [5, 5.41) is 0.898. The van der Waals surface area contributed by atoms with Crippen LogP contribution in [-0.2, 0) is 11.3 Å². The number of halogens is 1. The summed E-state index contributed by atoms with van der Waals surface area (Å²) in [5.41, 5.74) is 7.33. The third-order valence-corrected chi connectivity index (χ3v) is 5.41. The molecule has 0 radical (unpaired) electrons. The lowest BCUT2D eigenvalue weighted by atomic mass is 10.0. The maximum absolute atomic E-state index is 14.3. The van der Waals surface area contributed by atoms with E-state index in [9.17, 15) is 14.0 Å². The van der Waals surface area contributed by atoms with Crippen LogP contribution >= 0.6 is 0 Å². The molecule has 3 aromatic rings. The Morgan fingerprint density at radius 3 is 2.61 bits per heavy atom. The van der Waals surface area contributed by atoms with Crippen molar-refractivity contribution >= 4 is 22.7 Å². The summed E-state index contributed by atoms with van der Waals surface area (Å²) in [6, 6.07) is 15.4. The summed E-state index contributed by atoms with van der Waals surface area (Å²) >= 11 is 0. The first kappa shape index (κ1) is 18.2. The molecule has 1 aromatic heterocycles. The number of carbonyl (C=O) groups excluding carboxylic acids is 2. The number of fused-ring (bicyclic) bond motifs is 1. The predicted molar refractivity (Wildman–Crippen MR) is 105 cm³/mol. The summed E-state index contributed by atoms with van der Waals surface area (Å²) in [4.78, 5) is 26.8. The fraction of sp³-hybridized carbons (Fsp3) is 0.273. The van der Waals surface area contributed by atoms with Crippen LogP contribution < -0.4 is 5.73 Å². The van der Waals surface area contributed by atoms with Gasteiger partial charge in [-0.05, 0) is 37.5 Å². The van der Waals surface area contributed by atoms with E-state index in [2.05, 4.69) is 0 Å². The molecule has 1 saturated heterocycles. The first-order chi connectivity index (χ1) is 13.6. The SMILES string of the molecule is NC(=O)C1CCCCN1C(=O)c1cc2ccccc2n1Cc1ccccc1F. The van der Waals surface area contributed by atoms with Crippen molar-refractivity contribution < 1.29 is 14.0 Å². The van der Waals surface area contributed by atoms with Crippen LogP contribution in [0.5, 0.6) is 0 Å². The highest BCUT2D eigenvalue weighted by Crippen LogP contribution is 2.26. The average Bonchev–Trinajstić information content (AvgIpc) is 3.07. The van der Waals surface area contributed by atoms with Crippen molar-refractivity contribution in [3.05, 3.63) is 71.7 Å². The molecular formula is C22H22FN3O2. The van der Waals surface area contributed by atoms with E-state index >= 15 is 0 Å². The zero-order chi connectivity index (χ0) is 19.7. The molecule has 2 heterocycles. The molecular weight excluding hydrogens is 357 g/mol. The summed E-state index contributed by atoms with van der Waals surface area (Å²) in [5.74, 6) is -1.03. The Morgan fingerprint density at radius 2 is 1.82 bits per heavy atom. The number of hydrogen-bond donors (Lipinski definition) is 1. The van der Waals surface area contributed by atoms with E-state index < -0.39 is 11.9 Å². The summed E-state index contributed by atoms with van der Waals surface area (Å²) < 4.78 is 16.1. The minimum atomic E-state index is -0.596. The molecule has 28 heavy (non-hydrogen) atoms. The molecule has 144 valence electrons. The molecule has 2 aromatic carbocycles. The minimum Gasteiger partial charge on any atom is -0.368 e. The molecule has 2 amide bonds. The van der Waals surface area contributed by atoms with Gasteiger partial charge in [0.1, 0.15) is 17.6 Å². The van der Waals surface area contributed by atoms with Crippen molar-refractivity contribution in [2.45, 2.75) is 31.8 Å². The van der Waals surface area contributed by atoms with E-state index in [4.69, 9.17) is 5.73 Å². The highest BCUT2D eigenvalue weighted by atomic mass is 19.1. The number of hydrogen-bond acceptors (Lipinski definition) is 2. The Morgan fingerprint density at radius 1 is 1.07 bits per heavy atom. The van der Waals surface area contributed by atoms with Gasteiger partial charge in [-0.2, -0.15) is 0 Å². The lowest BCUT2D eigenvalue weighted by molar-refractivity contribution is -0.123. The van der Waals surface area contributed by atoms with Crippen LogP contribution in [0, 0.1) is 5.82 Å². The second kappa shape index (κ2) is 7.46. The highest BCUT2D eigenvalue weighted by Gasteiger charge is 2.33. The third-order valence-electron chi connectivity index (χ3n) is 5.41. The number of piperidine rings is 1. The van der Waals surface area contributed by atoms with Crippen molar-refractivity contribution in [3.8, 4) is 0 Å². The first-order valence-corrected chi connectivity index (χ1v) is 9.48. The Balaban J connectivity index is 1.79. The van der Waals surface area contributed by atoms with Crippen molar-refractivity contribution in [2.75, 3.05) is 6.54 Å². The molecule has 2 N–H and O–H groups in total. The molecule has 1 unspecified atom stereocenters. The van der Waals surface area contributed by atoms with E-state index in [1.807, 2.05) is 34.9 Å². The summed E-state index contributed by atoms with van der Waals surface area (Å²) in [6.45, 7) is 0.726. The number of rotatable bonds is 4. The Bertz CT molecular complexity index is 1040. The van der Waals surface area contributed by atoms with Gasteiger partial charge in [-0.1, -0.05) is 36.4 Å². The van der Waals surface area contributed by atoms with Crippen molar-refractivity contribution in [2.24, 2.45) is 5.73 Å². The lowest BCUT2D eigenvalue weighted by Gasteiger charge is -2.33. The zero-order valence-corrected chi connectivity index (χ0v) is 15.5. The number of likely N-dealkylation sites (tertiary alicyclic amines) is 1. The third kappa shape index (κ3) is 3.26. The van der Waals surface area contributed by atoms with E-state index in [1.165, 1.54) is 6.07 Å². The van der Waals surface area contributed by atoms with Crippen LogP contribution in [-0.4, -0.2) is 33.9 Å². The number of amides is 2. The van der Waals surface area contributed by atoms with Gasteiger partial charge in [0.25, 0.3) is 5.91 Å².